The van der Waals surface area contributed by atoms with Crippen LogP contribution in [0.25, 0.3) is 11.3 Å². The predicted molar refractivity (Wildman–Crippen MR) is 235 cm³/mol. The minimum Gasteiger partial charge on any atom is -0.399 e. The van der Waals surface area contributed by atoms with Crippen LogP contribution in [0.15, 0.2) is 100 Å². The van der Waals surface area contributed by atoms with Gasteiger partial charge in [0.05, 0.1) is 16.9 Å². The monoisotopic (exact) mass is 900 g/mol. The summed E-state index contributed by atoms with van der Waals surface area (Å²) < 4.78 is 14.2. The van der Waals surface area contributed by atoms with Crippen LogP contribution in [-0.4, -0.2) is 40.6 Å². The zero-order chi connectivity index (χ0) is 43.3. The minimum absolute atomic E-state index is 0.250. The van der Waals surface area contributed by atoms with Crippen molar-refractivity contribution in [1.29, 1.82) is 0 Å². The second-order valence-corrected chi connectivity index (χ2v) is 16.0. The molecule has 0 aliphatic carbocycles. The van der Waals surface area contributed by atoms with Gasteiger partial charge in [-0.3, -0.25) is 4.98 Å². The molecule has 1 saturated heterocycles. The van der Waals surface area contributed by atoms with E-state index in [1.807, 2.05) is 38.1 Å². The van der Waals surface area contributed by atoms with Crippen LogP contribution in [0.3, 0.4) is 0 Å². The Morgan fingerprint density at radius 3 is 1.47 bits per heavy atom. The van der Waals surface area contributed by atoms with Crippen molar-refractivity contribution in [3.63, 3.8) is 0 Å². The second kappa shape index (κ2) is 25.1. The minimum atomic E-state index is -0.269. The lowest BCUT2D eigenvalue weighted by molar-refractivity contribution is -0.193. The van der Waals surface area contributed by atoms with Gasteiger partial charge in [0.25, 0.3) is 0 Å². The van der Waals surface area contributed by atoms with E-state index in [1.54, 1.807) is 0 Å². The molecule has 57 heavy (non-hydrogen) atoms. The summed E-state index contributed by atoms with van der Waals surface area (Å²) in [5.41, 5.74) is 13.1. The fourth-order valence-corrected chi connectivity index (χ4v) is 6.32. The number of halogens is 2. The molecule has 3 heterocycles. The Balaban J connectivity index is 0.000000378. The number of benzene rings is 3. The van der Waals surface area contributed by atoms with Crippen molar-refractivity contribution in [2.75, 3.05) is 0 Å². The van der Waals surface area contributed by atoms with E-state index in [0.29, 0.717) is 0 Å². The van der Waals surface area contributed by atoms with Crippen molar-refractivity contribution in [3.05, 3.63) is 145 Å². The standard InChI is InChI=1S/C15H23BO2.C15H17N.C8H9Br.C6H6BrN.2CO2/c1-7-12-8-9-13(10-11(12)2)16-17-14(3,4)15(5,6)18-16;1-4-13-8-9-14(10-11(13)2)15-7-5-6-12(3)16-15;1-6-3-4-8(9)5-7(6)2;1-5-3-2-4-6(7)8-5;2*2-1-3/h8-10H,7H2,1-6H3;5-10H,4H2,1-3H3;3-5H,1-2H3;2-4H,1H3;;. The molecule has 0 atom stereocenters. The molecule has 0 bridgehead atoms. The van der Waals surface area contributed by atoms with E-state index >= 15 is 0 Å². The third-order valence-electron chi connectivity index (χ3n) is 9.50. The molecule has 0 saturated carbocycles. The SMILES string of the molecule is CCc1ccc(-c2cccc(C)n2)cc1C.CCc1ccc(B2OC(C)(C)C(C)(C)O2)cc1C.Cc1ccc(Br)cc1C.Cc1cccc(Br)n1.O=C=O.O=C=O. The van der Waals surface area contributed by atoms with Crippen LogP contribution in [0.4, 0.5) is 0 Å². The first-order chi connectivity index (χ1) is 26.8. The molecular formula is C46H55BBr2N2O6. The first-order valence-electron chi connectivity index (χ1n) is 18.6. The van der Waals surface area contributed by atoms with Crippen molar-refractivity contribution in [2.45, 2.75) is 107 Å². The molecule has 6 rings (SSSR count). The Morgan fingerprint density at radius 2 is 1.07 bits per heavy atom. The molecule has 8 nitrogen and oxygen atoms in total. The van der Waals surface area contributed by atoms with E-state index in [-0.39, 0.29) is 30.6 Å². The maximum atomic E-state index is 8.12. The summed E-state index contributed by atoms with van der Waals surface area (Å²) in [6.07, 6.45) is 2.66. The van der Waals surface area contributed by atoms with Crippen molar-refractivity contribution >= 4 is 56.7 Å². The van der Waals surface area contributed by atoms with Crippen LogP contribution in [0.1, 0.15) is 86.3 Å². The van der Waals surface area contributed by atoms with Gasteiger partial charge in [-0.2, -0.15) is 19.2 Å². The number of aromatic nitrogens is 2. The van der Waals surface area contributed by atoms with Gasteiger partial charge in [-0.1, -0.05) is 78.3 Å². The highest BCUT2D eigenvalue weighted by Crippen LogP contribution is 2.36. The average Bonchev–Trinajstić information content (AvgIpc) is 3.37. The fourth-order valence-electron chi connectivity index (χ4n) is 5.41. The third-order valence-corrected chi connectivity index (χ3v) is 10.4. The van der Waals surface area contributed by atoms with Crippen LogP contribution >= 0.6 is 31.9 Å². The summed E-state index contributed by atoms with van der Waals surface area (Å²) in [6, 6.07) is 31.3. The van der Waals surface area contributed by atoms with Gasteiger partial charge in [0, 0.05) is 21.4 Å². The highest BCUT2D eigenvalue weighted by Gasteiger charge is 2.51. The highest BCUT2D eigenvalue weighted by atomic mass is 79.9. The molecular weight excluding hydrogens is 847 g/mol. The molecule has 0 amide bonds. The summed E-state index contributed by atoms with van der Waals surface area (Å²) in [4.78, 5) is 41.1. The molecule has 0 N–H and O–H groups in total. The Hall–Kier alpha value is -4.34. The molecule has 3 aromatic carbocycles. The summed E-state index contributed by atoms with van der Waals surface area (Å²) in [6.45, 7) is 25.2. The Bertz CT molecular complexity index is 2050. The van der Waals surface area contributed by atoms with Crippen LogP contribution < -0.4 is 5.46 Å². The number of hydrogen-bond acceptors (Lipinski definition) is 8. The molecule has 1 aliphatic rings. The highest BCUT2D eigenvalue weighted by molar-refractivity contribution is 9.10. The van der Waals surface area contributed by atoms with E-state index in [0.717, 1.165) is 44.5 Å². The summed E-state index contributed by atoms with van der Waals surface area (Å²) in [5, 5.41) is 0. The first-order valence-corrected chi connectivity index (χ1v) is 20.2. The molecule has 2 aromatic heterocycles. The van der Waals surface area contributed by atoms with Gasteiger partial charge >= 0.3 is 19.4 Å². The van der Waals surface area contributed by atoms with E-state index < -0.39 is 0 Å². The van der Waals surface area contributed by atoms with Crippen molar-refractivity contribution in [1.82, 2.24) is 9.97 Å². The normalized spacial score (nSPS) is 12.8. The van der Waals surface area contributed by atoms with Crippen molar-refractivity contribution < 1.29 is 28.5 Å². The van der Waals surface area contributed by atoms with E-state index in [4.69, 9.17) is 28.5 Å². The number of aryl methyl sites for hydroxylation is 8. The van der Waals surface area contributed by atoms with E-state index in [2.05, 4.69) is 178 Å². The van der Waals surface area contributed by atoms with Gasteiger partial charge in [0.1, 0.15) is 4.60 Å². The van der Waals surface area contributed by atoms with Gasteiger partial charge in [0.2, 0.25) is 0 Å². The van der Waals surface area contributed by atoms with Crippen LogP contribution in [-0.2, 0) is 41.3 Å². The zero-order valence-corrected chi connectivity index (χ0v) is 38.4. The number of carbonyl (C=O) groups excluding carboxylic acids is 4. The Kier molecular flexibility index (Phi) is 22.3. The lowest BCUT2D eigenvalue weighted by atomic mass is 9.77. The zero-order valence-electron chi connectivity index (χ0n) is 35.3. The Labute approximate surface area is 356 Å². The summed E-state index contributed by atoms with van der Waals surface area (Å²) >= 11 is 6.65. The quantitative estimate of drug-likeness (QED) is 0.129. The van der Waals surface area contributed by atoms with Crippen LogP contribution in [0.5, 0.6) is 0 Å². The average molecular weight is 903 g/mol. The fraction of sp³-hybridized carbons (Fsp3) is 0.348. The number of nitrogens with zero attached hydrogens (tertiary/aromatic N) is 2. The predicted octanol–water partition coefficient (Wildman–Crippen LogP) is 10.8. The van der Waals surface area contributed by atoms with Gasteiger partial charge in [-0.15, -0.1) is 0 Å². The number of hydrogen-bond donors (Lipinski definition) is 0. The lowest BCUT2D eigenvalue weighted by Gasteiger charge is -2.32. The molecule has 0 radical (unpaired) electrons. The second-order valence-electron chi connectivity index (χ2n) is 14.3. The largest absolute Gasteiger partial charge is 0.494 e. The first kappa shape index (κ1) is 50.7. The van der Waals surface area contributed by atoms with Gasteiger partial charge in [-0.05, 0) is 179 Å². The van der Waals surface area contributed by atoms with Gasteiger partial charge < -0.3 is 9.31 Å². The third kappa shape index (κ3) is 17.4. The van der Waals surface area contributed by atoms with Crippen LogP contribution in [0.2, 0.25) is 0 Å². The molecule has 302 valence electrons. The molecule has 0 unspecified atom stereocenters. The molecule has 1 fully saturated rings. The smallest absolute Gasteiger partial charge is 0.399 e. The maximum Gasteiger partial charge on any atom is 0.494 e. The number of pyridine rings is 2. The van der Waals surface area contributed by atoms with Crippen molar-refractivity contribution in [3.8, 4) is 11.3 Å². The lowest BCUT2D eigenvalue weighted by Crippen LogP contribution is -2.41. The number of rotatable bonds is 4. The molecule has 5 aromatic rings. The molecule has 11 heteroatoms. The van der Waals surface area contributed by atoms with Gasteiger partial charge in [0.15, 0.2) is 0 Å². The molecule has 0 spiro atoms. The molecule has 1 aliphatic heterocycles. The summed E-state index contributed by atoms with van der Waals surface area (Å²) in [5.74, 6) is 0. The van der Waals surface area contributed by atoms with E-state index in [9.17, 15) is 0 Å². The maximum absolute atomic E-state index is 8.12. The topological polar surface area (TPSA) is 113 Å². The summed E-state index contributed by atoms with van der Waals surface area (Å²) in [7, 11) is -0.250. The van der Waals surface area contributed by atoms with Gasteiger partial charge in [-0.25, -0.2) is 4.98 Å². The van der Waals surface area contributed by atoms with E-state index in [1.165, 1.54) is 38.9 Å². The van der Waals surface area contributed by atoms with Crippen molar-refractivity contribution in [2.24, 2.45) is 0 Å². The van der Waals surface area contributed by atoms with Crippen LogP contribution in [0, 0.1) is 41.5 Å². The Morgan fingerprint density at radius 1 is 0.579 bits per heavy atom.